The fraction of sp³-hybridized carbons (Fsp3) is 0.385. The van der Waals surface area contributed by atoms with Crippen LogP contribution in [0.5, 0.6) is 0 Å². The summed E-state index contributed by atoms with van der Waals surface area (Å²) < 4.78 is 0. The minimum absolute atomic E-state index is 0.266. The Labute approximate surface area is 101 Å². The minimum Gasteiger partial charge on any atom is -0.396 e. The van der Waals surface area contributed by atoms with Crippen LogP contribution in [0.2, 0.25) is 0 Å². The molecule has 0 bridgehead atoms. The van der Waals surface area contributed by atoms with Gasteiger partial charge in [-0.3, -0.25) is 0 Å². The van der Waals surface area contributed by atoms with Crippen molar-refractivity contribution in [2.75, 3.05) is 18.9 Å². The van der Waals surface area contributed by atoms with Gasteiger partial charge in [0, 0.05) is 17.9 Å². The van der Waals surface area contributed by atoms with Gasteiger partial charge in [0.05, 0.1) is 6.54 Å². The second-order valence-corrected chi connectivity index (χ2v) is 4.40. The highest BCUT2D eigenvalue weighted by Crippen LogP contribution is 2.16. The molecule has 0 saturated heterocycles. The minimum atomic E-state index is 0.266. The van der Waals surface area contributed by atoms with Gasteiger partial charge in [0.25, 0.3) is 0 Å². The first-order chi connectivity index (χ1) is 7.88. The Balaban J connectivity index is 2.57. The lowest BCUT2D eigenvalue weighted by Gasteiger charge is -2.03. The highest BCUT2D eigenvalue weighted by atomic mass is 32.2. The molecule has 0 aliphatic rings. The Kier molecular flexibility index (Phi) is 6.75. The maximum absolute atomic E-state index is 8.68. The number of nitrogens with two attached hydrogens (primary N) is 1. The topological polar surface area (TPSA) is 46.2 Å². The molecule has 0 spiro atoms. The second kappa shape index (κ2) is 8.23. The highest BCUT2D eigenvalue weighted by Gasteiger charge is 1.98. The molecule has 0 saturated carbocycles. The van der Waals surface area contributed by atoms with Crippen LogP contribution in [0, 0.1) is 11.8 Å². The van der Waals surface area contributed by atoms with Gasteiger partial charge in [-0.1, -0.05) is 30.0 Å². The van der Waals surface area contributed by atoms with Gasteiger partial charge in [0.2, 0.25) is 0 Å². The molecule has 0 aliphatic carbocycles. The zero-order valence-electron chi connectivity index (χ0n) is 9.28. The molecule has 0 radical (unpaired) electrons. The molecule has 1 aromatic rings. The molecule has 3 heteroatoms. The van der Waals surface area contributed by atoms with Crippen LogP contribution in [-0.2, 0) is 5.75 Å². The molecule has 0 aromatic heterocycles. The lowest BCUT2D eigenvalue weighted by molar-refractivity contribution is 0.296. The van der Waals surface area contributed by atoms with E-state index in [1.165, 1.54) is 5.56 Å². The normalized spacial score (nSPS) is 9.62. The van der Waals surface area contributed by atoms with Gasteiger partial charge in [-0.2, -0.15) is 11.8 Å². The van der Waals surface area contributed by atoms with Crippen molar-refractivity contribution in [2.24, 2.45) is 5.73 Å². The number of thioether (sulfide) groups is 1. The lowest BCUT2D eigenvalue weighted by atomic mass is 10.1. The maximum Gasteiger partial charge on any atom is 0.0555 e. The van der Waals surface area contributed by atoms with Gasteiger partial charge >= 0.3 is 0 Å². The van der Waals surface area contributed by atoms with E-state index in [0.29, 0.717) is 6.54 Å². The summed E-state index contributed by atoms with van der Waals surface area (Å²) >= 11 is 1.82. The van der Waals surface area contributed by atoms with Crippen molar-refractivity contribution in [1.82, 2.24) is 0 Å². The van der Waals surface area contributed by atoms with Crippen molar-refractivity contribution in [3.05, 3.63) is 35.4 Å². The Bertz CT molecular complexity index is 368. The van der Waals surface area contributed by atoms with Gasteiger partial charge in [-0.15, -0.1) is 0 Å². The number of rotatable bonds is 5. The van der Waals surface area contributed by atoms with Crippen molar-refractivity contribution in [3.8, 4) is 11.8 Å². The number of hydrogen-bond donors (Lipinski definition) is 2. The third kappa shape index (κ3) is 4.71. The molecule has 0 unspecified atom stereocenters. The molecule has 0 amide bonds. The SMILES string of the molecule is NCC#Cc1ccccc1CSCCCO. The zero-order chi connectivity index (χ0) is 11.6. The quantitative estimate of drug-likeness (QED) is 0.602. The van der Waals surface area contributed by atoms with E-state index >= 15 is 0 Å². The number of benzene rings is 1. The summed E-state index contributed by atoms with van der Waals surface area (Å²) in [5.74, 6) is 7.87. The molecular weight excluding hydrogens is 218 g/mol. The zero-order valence-corrected chi connectivity index (χ0v) is 10.1. The van der Waals surface area contributed by atoms with Crippen molar-refractivity contribution in [3.63, 3.8) is 0 Å². The van der Waals surface area contributed by atoms with Crippen LogP contribution in [0.1, 0.15) is 17.5 Å². The van der Waals surface area contributed by atoms with E-state index in [0.717, 1.165) is 23.5 Å². The van der Waals surface area contributed by atoms with Gasteiger partial charge in [0.1, 0.15) is 0 Å². The fourth-order valence-corrected chi connectivity index (χ4v) is 2.21. The summed E-state index contributed by atoms with van der Waals surface area (Å²) in [7, 11) is 0. The third-order valence-corrected chi connectivity index (χ3v) is 3.14. The summed E-state index contributed by atoms with van der Waals surface area (Å²) in [4.78, 5) is 0. The molecule has 0 aliphatic heterocycles. The highest BCUT2D eigenvalue weighted by molar-refractivity contribution is 7.98. The van der Waals surface area contributed by atoms with E-state index in [1.54, 1.807) is 0 Å². The van der Waals surface area contributed by atoms with Crippen LogP contribution in [0.25, 0.3) is 0 Å². The summed E-state index contributed by atoms with van der Waals surface area (Å²) in [5, 5.41) is 8.68. The van der Waals surface area contributed by atoms with Crippen LogP contribution in [-0.4, -0.2) is 24.0 Å². The van der Waals surface area contributed by atoms with Crippen molar-refractivity contribution in [1.29, 1.82) is 0 Å². The monoisotopic (exact) mass is 235 g/mol. The first-order valence-corrected chi connectivity index (χ1v) is 6.49. The van der Waals surface area contributed by atoms with Crippen LogP contribution >= 0.6 is 11.8 Å². The summed E-state index contributed by atoms with van der Waals surface area (Å²) in [6.07, 6.45) is 0.849. The number of aliphatic hydroxyl groups excluding tert-OH is 1. The number of aliphatic hydroxyl groups is 1. The molecule has 1 rings (SSSR count). The van der Waals surface area contributed by atoms with E-state index in [9.17, 15) is 0 Å². The van der Waals surface area contributed by atoms with E-state index in [1.807, 2.05) is 30.0 Å². The molecule has 1 aromatic carbocycles. The summed E-state index contributed by atoms with van der Waals surface area (Å²) in [6, 6.07) is 8.12. The molecule has 0 fully saturated rings. The van der Waals surface area contributed by atoms with E-state index < -0.39 is 0 Å². The summed E-state index contributed by atoms with van der Waals surface area (Å²) in [6.45, 7) is 0.660. The first-order valence-electron chi connectivity index (χ1n) is 5.34. The second-order valence-electron chi connectivity index (χ2n) is 3.29. The van der Waals surface area contributed by atoms with Crippen molar-refractivity contribution >= 4 is 11.8 Å². The standard InChI is InChI=1S/C13H17NOS/c14-8-3-7-12-5-1-2-6-13(12)11-16-10-4-9-15/h1-2,5-6,15H,4,8-11,14H2. The Morgan fingerprint density at radius 2 is 2.12 bits per heavy atom. The van der Waals surface area contributed by atoms with Gasteiger partial charge in [-0.05, 0) is 23.8 Å². The van der Waals surface area contributed by atoms with Crippen molar-refractivity contribution in [2.45, 2.75) is 12.2 Å². The van der Waals surface area contributed by atoms with E-state index in [-0.39, 0.29) is 6.61 Å². The summed E-state index contributed by atoms with van der Waals surface area (Å²) in [5.41, 5.74) is 7.66. The van der Waals surface area contributed by atoms with Crippen LogP contribution in [0.3, 0.4) is 0 Å². The molecule has 3 N–H and O–H groups in total. The molecule has 86 valence electrons. The first kappa shape index (κ1) is 13.1. The maximum atomic E-state index is 8.68. The Morgan fingerprint density at radius 1 is 1.31 bits per heavy atom. The van der Waals surface area contributed by atoms with Crippen LogP contribution in [0.4, 0.5) is 0 Å². The molecule has 0 heterocycles. The van der Waals surface area contributed by atoms with Crippen LogP contribution < -0.4 is 5.73 Å². The lowest BCUT2D eigenvalue weighted by Crippen LogP contribution is -1.94. The predicted octanol–water partition coefficient (Wildman–Crippen LogP) is 1.61. The Morgan fingerprint density at radius 3 is 2.88 bits per heavy atom. The molecule has 0 atom stereocenters. The van der Waals surface area contributed by atoms with Gasteiger partial charge < -0.3 is 10.8 Å². The average Bonchev–Trinajstić information content (AvgIpc) is 2.33. The van der Waals surface area contributed by atoms with Crippen molar-refractivity contribution < 1.29 is 5.11 Å². The Hall–Kier alpha value is -0.950. The van der Waals surface area contributed by atoms with E-state index in [4.69, 9.17) is 10.8 Å². The average molecular weight is 235 g/mol. The fourth-order valence-electron chi connectivity index (χ4n) is 1.26. The van der Waals surface area contributed by atoms with Gasteiger partial charge in [-0.25, -0.2) is 0 Å². The largest absolute Gasteiger partial charge is 0.396 e. The van der Waals surface area contributed by atoms with Gasteiger partial charge in [0.15, 0.2) is 0 Å². The predicted molar refractivity (Wildman–Crippen MR) is 70.2 cm³/mol. The molecule has 16 heavy (non-hydrogen) atoms. The van der Waals surface area contributed by atoms with Crippen LogP contribution in [0.15, 0.2) is 24.3 Å². The van der Waals surface area contributed by atoms with E-state index in [2.05, 4.69) is 17.9 Å². The molecule has 2 nitrogen and oxygen atoms in total. The molecular formula is C13H17NOS. The smallest absolute Gasteiger partial charge is 0.0555 e. The third-order valence-electron chi connectivity index (χ3n) is 2.05. The number of hydrogen-bond acceptors (Lipinski definition) is 3.